The number of anilines is 2. The maximum absolute atomic E-state index is 14.3. The first-order valence-corrected chi connectivity index (χ1v) is 12.6. The van der Waals surface area contributed by atoms with Gasteiger partial charge in [0.15, 0.2) is 0 Å². The second-order valence-electron chi connectivity index (χ2n) is 11.3. The monoisotopic (exact) mass is 469 g/mol. The van der Waals surface area contributed by atoms with Crippen molar-refractivity contribution in [1.29, 1.82) is 0 Å². The second-order valence-corrected chi connectivity index (χ2v) is 11.3. The largest absolute Gasteiger partial charge is 0.353 e. The summed E-state index contributed by atoms with van der Waals surface area (Å²) in [5.41, 5.74) is 11.9. The van der Waals surface area contributed by atoms with Crippen molar-refractivity contribution in [2.75, 3.05) is 5.32 Å². The molecule has 0 unspecified atom stereocenters. The highest BCUT2D eigenvalue weighted by atomic mass is 19.1. The Morgan fingerprint density at radius 1 is 0.583 bits per heavy atom. The maximum Gasteiger partial charge on any atom is 0.146 e. The third kappa shape index (κ3) is 2.76. The quantitative estimate of drug-likeness (QED) is 0.272. The Kier molecular flexibility index (Phi) is 4.20. The lowest BCUT2D eigenvalue weighted by molar-refractivity contribution is 0.632. The highest BCUT2D eigenvalue weighted by molar-refractivity contribution is 6.03. The fourth-order valence-electron chi connectivity index (χ4n) is 6.53. The molecule has 176 valence electrons. The molecule has 7 rings (SSSR count). The Morgan fingerprint density at radius 2 is 1.25 bits per heavy atom. The predicted molar refractivity (Wildman–Crippen MR) is 149 cm³/mol. The zero-order valence-electron chi connectivity index (χ0n) is 21.0. The molecule has 1 N–H and O–H groups in total. The van der Waals surface area contributed by atoms with E-state index in [9.17, 15) is 4.39 Å². The van der Waals surface area contributed by atoms with E-state index in [-0.39, 0.29) is 16.6 Å². The van der Waals surface area contributed by atoms with Crippen LogP contribution in [0.1, 0.15) is 49.9 Å². The van der Waals surface area contributed by atoms with E-state index in [4.69, 9.17) is 0 Å². The van der Waals surface area contributed by atoms with Crippen LogP contribution in [0.5, 0.6) is 0 Å². The molecule has 0 heterocycles. The number of hydrogen-bond donors (Lipinski definition) is 1. The van der Waals surface area contributed by atoms with Gasteiger partial charge in [0.2, 0.25) is 0 Å². The van der Waals surface area contributed by atoms with E-state index >= 15 is 0 Å². The van der Waals surface area contributed by atoms with E-state index in [1.807, 2.05) is 6.07 Å². The SMILES string of the molecule is CC1(C)c2cc(Nc3ccccc3F)ccc2-c2cc3c(cc21)-c1c(ccc2ccccc12)C3(C)C. The highest BCUT2D eigenvalue weighted by Gasteiger charge is 2.42. The van der Waals surface area contributed by atoms with Gasteiger partial charge in [-0.2, -0.15) is 0 Å². The van der Waals surface area contributed by atoms with Crippen molar-refractivity contribution in [2.24, 2.45) is 0 Å². The molecule has 1 nitrogen and oxygen atoms in total. The van der Waals surface area contributed by atoms with E-state index in [2.05, 4.69) is 99.7 Å². The summed E-state index contributed by atoms with van der Waals surface area (Å²) in [6.45, 7) is 9.31. The highest BCUT2D eigenvalue weighted by Crippen LogP contribution is 2.57. The smallest absolute Gasteiger partial charge is 0.146 e. The summed E-state index contributed by atoms with van der Waals surface area (Å²) in [6.07, 6.45) is 0. The Hall–Kier alpha value is -3.91. The first-order chi connectivity index (χ1) is 17.3. The zero-order chi connectivity index (χ0) is 24.8. The van der Waals surface area contributed by atoms with Crippen LogP contribution in [0.4, 0.5) is 15.8 Å². The lowest BCUT2D eigenvalue weighted by Gasteiger charge is -2.24. The Balaban J connectivity index is 1.41. The number of para-hydroxylation sites is 1. The van der Waals surface area contributed by atoms with E-state index in [0.29, 0.717) is 5.69 Å². The van der Waals surface area contributed by atoms with Crippen molar-refractivity contribution in [2.45, 2.75) is 38.5 Å². The van der Waals surface area contributed by atoms with Crippen LogP contribution in [-0.2, 0) is 10.8 Å². The molecule has 0 fully saturated rings. The van der Waals surface area contributed by atoms with E-state index < -0.39 is 0 Å². The molecule has 2 heteroatoms. The molecule has 0 aliphatic heterocycles. The summed E-state index contributed by atoms with van der Waals surface area (Å²) in [6, 6.07) is 31.5. The van der Waals surface area contributed by atoms with Gasteiger partial charge in [-0.25, -0.2) is 4.39 Å². The van der Waals surface area contributed by atoms with Crippen molar-refractivity contribution in [3.8, 4) is 22.3 Å². The summed E-state index contributed by atoms with van der Waals surface area (Å²) in [4.78, 5) is 0. The van der Waals surface area contributed by atoms with Gasteiger partial charge in [-0.05, 0) is 91.7 Å². The predicted octanol–water partition coefficient (Wildman–Crippen LogP) is 9.34. The van der Waals surface area contributed by atoms with Gasteiger partial charge in [0.25, 0.3) is 0 Å². The second kappa shape index (κ2) is 7.07. The third-order valence-corrected chi connectivity index (χ3v) is 8.51. The first-order valence-electron chi connectivity index (χ1n) is 12.6. The molecule has 2 aliphatic rings. The number of fused-ring (bicyclic) bond motifs is 8. The zero-order valence-corrected chi connectivity index (χ0v) is 21.0. The van der Waals surface area contributed by atoms with Gasteiger partial charge in [0.1, 0.15) is 5.82 Å². The molecule has 0 bridgehead atoms. The van der Waals surface area contributed by atoms with Gasteiger partial charge in [-0.1, -0.05) is 82.3 Å². The normalized spacial score (nSPS) is 15.8. The number of rotatable bonds is 2. The van der Waals surface area contributed by atoms with Gasteiger partial charge < -0.3 is 5.32 Å². The molecule has 2 aliphatic carbocycles. The molecule has 5 aromatic carbocycles. The molecule has 0 atom stereocenters. The van der Waals surface area contributed by atoms with Gasteiger partial charge in [-0.15, -0.1) is 0 Å². The minimum Gasteiger partial charge on any atom is -0.353 e. The van der Waals surface area contributed by atoms with Gasteiger partial charge in [0, 0.05) is 16.5 Å². The van der Waals surface area contributed by atoms with Crippen molar-refractivity contribution < 1.29 is 4.39 Å². The fraction of sp³-hybridized carbons (Fsp3) is 0.176. The number of hydrogen-bond acceptors (Lipinski definition) is 1. The van der Waals surface area contributed by atoms with Crippen LogP contribution in [0, 0.1) is 5.82 Å². The summed E-state index contributed by atoms with van der Waals surface area (Å²) in [5, 5.41) is 5.89. The topological polar surface area (TPSA) is 12.0 Å². The summed E-state index contributed by atoms with van der Waals surface area (Å²) in [7, 11) is 0. The van der Waals surface area contributed by atoms with Crippen molar-refractivity contribution >= 4 is 22.1 Å². The number of halogens is 1. The molecule has 36 heavy (non-hydrogen) atoms. The van der Waals surface area contributed by atoms with Crippen LogP contribution < -0.4 is 5.32 Å². The van der Waals surface area contributed by atoms with Gasteiger partial charge >= 0.3 is 0 Å². The van der Waals surface area contributed by atoms with E-state index in [1.54, 1.807) is 12.1 Å². The molecule has 0 spiro atoms. The average molecular weight is 470 g/mol. The number of nitrogens with one attached hydrogen (secondary N) is 1. The molecular weight excluding hydrogens is 441 g/mol. The Bertz CT molecular complexity index is 1720. The standard InChI is InChI=1S/C34H28FN/c1-33(2)26-16-13-20-9-5-6-10-22(20)32(26)25-19-28-24(18-29(25)33)23-15-14-21(17-27(23)34(28,3)4)36-31-12-8-7-11-30(31)35/h5-19,36H,1-4H3. The van der Waals surface area contributed by atoms with Crippen LogP contribution in [-0.4, -0.2) is 0 Å². The van der Waals surface area contributed by atoms with Crippen molar-refractivity contribution in [3.63, 3.8) is 0 Å². The van der Waals surface area contributed by atoms with E-state index in [1.165, 1.54) is 61.3 Å². The van der Waals surface area contributed by atoms with Crippen LogP contribution >= 0.6 is 0 Å². The van der Waals surface area contributed by atoms with Crippen LogP contribution in [0.15, 0.2) is 91.0 Å². The summed E-state index contributed by atoms with van der Waals surface area (Å²) >= 11 is 0. The molecule has 0 aromatic heterocycles. The van der Waals surface area contributed by atoms with Gasteiger partial charge in [-0.3, -0.25) is 0 Å². The minimum absolute atomic E-state index is 0.0665. The molecule has 0 amide bonds. The Labute approximate surface area is 211 Å². The third-order valence-electron chi connectivity index (χ3n) is 8.51. The van der Waals surface area contributed by atoms with Crippen LogP contribution in [0.2, 0.25) is 0 Å². The summed E-state index contributed by atoms with van der Waals surface area (Å²) in [5.74, 6) is -0.245. The maximum atomic E-state index is 14.3. The minimum atomic E-state index is -0.245. The van der Waals surface area contributed by atoms with Crippen LogP contribution in [0.25, 0.3) is 33.0 Å². The molecule has 0 saturated heterocycles. The Morgan fingerprint density at radius 3 is 2.08 bits per heavy atom. The summed E-state index contributed by atoms with van der Waals surface area (Å²) < 4.78 is 14.3. The lowest BCUT2D eigenvalue weighted by Crippen LogP contribution is -2.17. The molecule has 0 radical (unpaired) electrons. The van der Waals surface area contributed by atoms with Gasteiger partial charge in [0.05, 0.1) is 5.69 Å². The van der Waals surface area contributed by atoms with Crippen LogP contribution in [0.3, 0.4) is 0 Å². The van der Waals surface area contributed by atoms with E-state index in [0.717, 1.165) is 5.69 Å². The lowest BCUT2D eigenvalue weighted by atomic mass is 9.79. The van der Waals surface area contributed by atoms with Crippen molar-refractivity contribution in [3.05, 3.63) is 119 Å². The number of benzene rings is 5. The average Bonchev–Trinajstić information content (AvgIpc) is 3.24. The van der Waals surface area contributed by atoms with Crippen molar-refractivity contribution in [1.82, 2.24) is 0 Å². The molecular formula is C34H28FN. The fourth-order valence-corrected chi connectivity index (χ4v) is 6.53. The first kappa shape index (κ1) is 21.4. The molecule has 5 aromatic rings. The molecule has 0 saturated carbocycles.